The van der Waals surface area contributed by atoms with Crippen molar-refractivity contribution in [2.24, 2.45) is 21.5 Å². The monoisotopic (exact) mass is 854 g/mol. The van der Waals surface area contributed by atoms with Crippen molar-refractivity contribution in [3.63, 3.8) is 0 Å². The zero-order chi connectivity index (χ0) is 39.3. The summed E-state index contributed by atoms with van der Waals surface area (Å²) in [6, 6.07) is 28.6. The number of hydrogen-bond acceptors (Lipinski definition) is 10. The topological polar surface area (TPSA) is 160 Å². The van der Waals surface area contributed by atoms with Gasteiger partial charge in [-0.15, -0.1) is 24.8 Å². The Bertz CT molecular complexity index is 1990. The number of amidine groups is 2. The molecule has 0 saturated carbocycles. The normalized spacial score (nSPS) is 16.0. The largest absolute Gasteiger partial charge is 0.481 e. The molecule has 0 spiro atoms. The number of fused-ring (bicyclic) bond motifs is 2. The molecule has 4 aromatic carbocycles. The molecule has 2 heterocycles. The Kier molecular flexibility index (Phi) is 19.0. The van der Waals surface area contributed by atoms with E-state index in [0.29, 0.717) is 40.3 Å². The number of halogens is 3. The Labute approximate surface area is 358 Å². The van der Waals surface area contributed by atoms with Crippen molar-refractivity contribution in [3.8, 4) is 11.5 Å². The molecule has 2 aliphatic heterocycles. The number of ether oxygens (including phenoxy) is 2. The molecule has 0 radical (unpaired) electrons. The summed E-state index contributed by atoms with van der Waals surface area (Å²) in [6.07, 6.45) is 3.35. The molecule has 15 heteroatoms. The highest BCUT2D eigenvalue weighted by Crippen LogP contribution is 2.34. The number of carbonyl (C=O) groups is 1. The number of thiocarbonyl (C=S) groups is 1. The highest BCUT2D eigenvalue weighted by atomic mass is 35.5. The van der Waals surface area contributed by atoms with E-state index in [9.17, 15) is 4.79 Å². The van der Waals surface area contributed by atoms with E-state index in [1.54, 1.807) is 0 Å². The summed E-state index contributed by atoms with van der Waals surface area (Å²) in [5.41, 5.74) is 17.1. The Morgan fingerprint density at radius 3 is 1.67 bits per heavy atom. The first-order valence-corrected chi connectivity index (χ1v) is 19.5. The maximum Gasteiger partial charge on any atom is 0.252 e. The Balaban J connectivity index is 0.000000295. The molecule has 11 nitrogen and oxygen atoms in total. The molecule has 57 heavy (non-hydrogen) atoms. The van der Waals surface area contributed by atoms with Crippen molar-refractivity contribution in [2.75, 3.05) is 0 Å². The van der Waals surface area contributed by atoms with Crippen molar-refractivity contribution < 1.29 is 14.3 Å². The smallest absolute Gasteiger partial charge is 0.252 e. The summed E-state index contributed by atoms with van der Waals surface area (Å²) >= 11 is 11.5. The molecule has 1 amide bonds. The maximum absolute atomic E-state index is 12.4. The van der Waals surface area contributed by atoms with Gasteiger partial charge < -0.3 is 31.6 Å². The molecule has 306 valence electrons. The van der Waals surface area contributed by atoms with E-state index in [1.165, 1.54) is 0 Å². The number of nitrogens with two attached hydrogens (primary N) is 2. The summed E-state index contributed by atoms with van der Waals surface area (Å²) in [4.78, 5) is 22.0. The zero-order valence-corrected chi connectivity index (χ0v) is 35.8. The lowest BCUT2D eigenvalue weighted by atomic mass is 10.1. The number of amides is 1. The maximum atomic E-state index is 12.4. The van der Waals surface area contributed by atoms with Crippen LogP contribution >= 0.6 is 48.6 Å². The van der Waals surface area contributed by atoms with Crippen molar-refractivity contribution >= 4 is 82.6 Å². The van der Waals surface area contributed by atoms with Gasteiger partial charge in [0.15, 0.2) is 12.2 Å². The molecule has 4 aromatic rings. The van der Waals surface area contributed by atoms with Gasteiger partial charge >= 0.3 is 0 Å². The van der Waals surface area contributed by atoms with Crippen LogP contribution in [0.1, 0.15) is 80.4 Å². The van der Waals surface area contributed by atoms with E-state index in [4.69, 9.17) is 44.8 Å². The summed E-state index contributed by atoms with van der Waals surface area (Å²) < 4.78 is 11.5. The Hall–Kier alpha value is -4.43. The van der Waals surface area contributed by atoms with Crippen molar-refractivity contribution in [1.82, 2.24) is 21.3 Å². The molecule has 8 N–H and O–H groups in total. The van der Waals surface area contributed by atoms with E-state index in [-0.39, 0.29) is 55.3 Å². The fraction of sp³-hybridized carbons (Fsp3) is 0.333. The van der Waals surface area contributed by atoms with Crippen LogP contribution in [0.3, 0.4) is 0 Å². The molecule has 0 fully saturated rings. The zero-order valence-electron chi connectivity index (χ0n) is 32.6. The second kappa shape index (κ2) is 23.1. The van der Waals surface area contributed by atoms with Gasteiger partial charge in [-0.2, -0.15) is 0 Å². The van der Waals surface area contributed by atoms with Crippen LogP contribution in [0.5, 0.6) is 11.5 Å². The quantitative estimate of drug-likeness (QED) is 0.0543. The van der Waals surface area contributed by atoms with Gasteiger partial charge in [-0.05, 0) is 86.3 Å². The van der Waals surface area contributed by atoms with Gasteiger partial charge in [0.05, 0.1) is 12.3 Å². The lowest BCUT2D eigenvalue weighted by Crippen LogP contribution is -2.45. The highest BCUT2D eigenvalue weighted by Gasteiger charge is 2.20. The second-order valence-electron chi connectivity index (χ2n) is 13.5. The summed E-state index contributed by atoms with van der Waals surface area (Å²) in [7, 11) is 0. The molecule has 0 bridgehead atoms. The van der Waals surface area contributed by atoms with Gasteiger partial charge in [0.1, 0.15) is 39.5 Å². The highest BCUT2D eigenvalue weighted by molar-refractivity contribution is 7.80. The van der Waals surface area contributed by atoms with Crippen LogP contribution in [0.15, 0.2) is 101 Å². The van der Waals surface area contributed by atoms with Crippen LogP contribution < -0.4 is 42.2 Å². The minimum absolute atomic E-state index is 0. The molecule has 0 aliphatic carbocycles. The van der Waals surface area contributed by atoms with E-state index >= 15 is 0 Å². The SMILES string of the molecule is CCCC(NCc1ccc2c(c1)N=C(N)C(C)O2)NC(=O)c1ccccc1.CCCC(NCc1ccc2c(c1)N=C(N)C(C)O2)NC(=S)c1ccc(Cl)cc1.Cl.Cl. The Morgan fingerprint density at radius 1 is 0.719 bits per heavy atom. The molecule has 0 saturated heterocycles. The van der Waals surface area contributed by atoms with Gasteiger partial charge in [-0.3, -0.25) is 15.4 Å². The molecular formula is C42H53Cl3N8O3S. The van der Waals surface area contributed by atoms with Crippen molar-refractivity contribution in [1.29, 1.82) is 0 Å². The standard InChI is InChI=1S/C21H25ClN4OS.C21H26N4O2.2ClH/c1-3-4-19(26-21(28)15-6-8-16(22)9-7-15)24-12-14-5-10-18-17(11-14)25-20(23)13(2)27-18;1-3-7-19(25-21(26)16-8-5-4-6-9-16)23-13-15-10-11-18-17(12-15)24-20(22)14(2)27-18;;/h5-11,13,19,24H,3-4,12H2,1-2H3,(H2,23,25)(H,26,28);4-6,8-12,14,19,23H,3,7,13H2,1-2H3,(H2,22,24)(H,25,26);2*1H. The van der Waals surface area contributed by atoms with Crippen molar-refractivity contribution in [3.05, 3.63) is 118 Å². The van der Waals surface area contributed by atoms with Gasteiger partial charge in [-0.25, -0.2) is 9.98 Å². The van der Waals surface area contributed by atoms with Crippen LogP contribution in [0.2, 0.25) is 5.02 Å². The van der Waals surface area contributed by atoms with Gasteiger partial charge in [0.2, 0.25) is 0 Å². The van der Waals surface area contributed by atoms with Crippen LogP contribution in [0, 0.1) is 0 Å². The first-order chi connectivity index (χ1) is 26.5. The summed E-state index contributed by atoms with van der Waals surface area (Å²) in [5, 5.41) is 14.1. The average molecular weight is 856 g/mol. The Morgan fingerprint density at radius 2 is 1.19 bits per heavy atom. The predicted molar refractivity (Wildman–Crippen MR) is 241 cm³/mol. The van der Waals surface area contributed by atoms with Gasteiger partial charge in [0, 0.05) is 29.2 Å². The second-order valence-corrected chi connectivity index (χ2v) is 14.3. The first kappa shape index (κ1) is 46.9. The minimum Gasteiger partial charge on any atom is -0.481 e. The average Bonchev–Trinajstić information content (AvgIpc) is 3.18. The molecule has 0 aromatic heterocycles. The summed E-state index contributed by atoms with van der Waals surface area (Å²) in [5.74, 6) is 2.40. The predicted octanol–water partition coefficient (Wildman–Crippen LogP) is 8.24. The lowest BCUT2D eigenvalue weighted by Gasteiger charge is -2.23. The molecule has 6 rings (SSSR count). The van der Waals surface area contributed by atoms with E-state index < -0.39 is 0 Å². The van der Waals surface area contributed by atoms with E-state index in [1.807, 2.05) is 105 Å². The first-order valence-electron chi connectivity index (χ1n) is 18.7. The minimum atomic E-state index is -0.205. The van der Waals surface area contributed by atoms with Crippen LogP contribution in [-0.4, -0.2) is 47.1 Å². The molecular weight excluding hydrogens is 803 g/mol. The van der Waals surface area contributed by atoms with E-state index in [2.05, 4.69) is 45.1 Å². The number of benzene rings is 4. The number of rotatable bonds is 14. The van der Waals surface area contributed by atoms with Crippen molar-refractivity contribution in [2.45, 2.75) is 91.0 Å². The van der Waals surface area contributed by atoms with E-state index in [0.717, 1.165) is 65.2 Å². The fourth-order valence-corrected chi connectivity index (χ4v) is 6.27. The third-order valence-corrected chi connectivity index (χ3v) is 9.60. The molecule has 2 aliphatic rings. The van der Waals surface area contributed by atoms with Crippen LogP contribution in [-0.2, 0) is 13.1 Å². The number of hydrogen-bond donors (Lipinski definition) is 6. The number of aliphatic imine (C=N–C) groups is 2. The van der Waals surface area contributed by atoms with Crippen LogP contribution in [0.4, 0.5) is 11.4 Å². The van der Waals surface area contributed by atoms with Crippen LogP contribution in [0.25, 0.3) is 0 Å². The third kappa shape index (κ3) is 13.9. The molecule has 4 atom stereocenters. The number of nitrogens with one attached hydrogen (secondary N) is 4. The lowest BCUT2D eigenvalue weighted by molar-refractivity contribution is 0.0926. The third-order valence-electron chi connectivity index (χ3n) is 9.00. The number of nitrogens with zero attached hydrogens (tertiary/aromatic N) is 2. The number of carbonyl (C=O) groups excluding carboxylic acids is 1. The van der Waals surface area contributed by atoms with Gasteiger partial charge in [-0.1, -0.05) is 93.0 Å². The van der Waals surface area contributed by atoms with Gasteiger partial charge in [0.25, 0.3) is 5.91 Å². The molecule has 4 unspecified atom stereocenters. The summed E-state index contributed by atoms with van der Waals surface area (Å²) in [6.45, 7) is 9.30. The fourth-order valence-electron chi connectivity index (χ4n) is 5.87.